The predicted octanol–water partition coefficient (Wildman–Crippen LogP) is 4.44. The van der Waals surface area contributed by atoms with Crippen LogP contribution >= 0.6 is 27.7 Å². The third-order valence-corrected chi connectivity index (χ3v) is 5.81. The third kappa shape index (κ3) is 4.21. The van der Waals surface area contributed by atoms with E-state index >= 15 is 0 Å². The SMILES string of the molecule is Fc1cccc(-n2c(SCc3cc(Br)ccc3F)nnc2N2CCOCC2)c1. The first-order valence-corrected chi connectivity index (χ1v) is 10.5. The molecule has 9 heteroatoms. The minimum Gasteiger partial charge on any atom is -0.378 e. The van der Waals surface area contributed by atoms with E-state index in [4.69, 9.17) is 4.74 Å². The fourth-order valence-corrected chi connectivity index (χ4v) is 4.29. The Labute approximate surface area is 173 Å². The zero-order valence-corrected chi connectivity index (χ0v) is 17.2. The molecule has 4 rings (SSSR count). The monoisotopic (exact) mass is 466 g/mol. The standard InChI is InChI=1S/C19H17BrF2N4OS/c20-14-4-5-17(22)13(10-14)12-28-19-24-23-18(25-6-8-27-9-7-25)26(19)16-3-1-2-15(21)11-16/h1-5,10-11H,6-9,12H2. The van der Waals surface area contributed by atoms with Crippen LogP contribution in [-0.2, 0) is 10.5 Å². The summed E-state index contributed by atoms with van der Waals surface area (Å²) in [5, 5.41) is 9.21. The molecule has 2 heterocycles. The van der Waals surface area contributed by atoms with E-state index < -0.39 is 0 Å². The van der Waals surface area contributed by atoms with E-state index in [1.165, 1.54) is 30.0 Å². The van der Waals surface area contributed by atoms with Gasteiger partial charge in [-0.15, -0.1) is 10.2 Å². The van der Waals surface area contributed by atoms with Gasteiger partial charge in [0.25, 0.3) is 0 Å². The summed E-state index contributed by atoms with van der Waals surface area (Å²) in [4.78, 5) is 2.06. The lowest BCUT2D eigenvalue weighted by molar-refractivity contribution is 0.122. The normalized spacial score (nSPS) is 14.5. The summed E-state index contributed by atoms with van der Waals surface area (Å²) < 4.78 is 36.0. The highest BCUT2D eigenvalue weighted by Crippen LogP contribution is 2.30. The highest BCUT2D eigenvalue weighted by atomic mass is 79.9. The lowest BCUT2D eigenvalue weighted by Crippen LogP contribution is -2.37. The molecule has 1 fully saturated rings. The number of benzene rings is 2. The van der Waals surface area contributed by atoms with Crippen LogP contribution in [-0.4, -0.2) is 41.1 Å². The Morgan fingerprint density at radius 2 is 1.89 bits per heavy atom. The molecule has 0 radical (unpaired) electrons. The number of rotatable bonds is 5. The highest BCUT2D eigenvalue weighted by Gasteiger charge is 2.22. The molecule has 0 amide bonds. The molecule has 0 N–H and O–H groups in total. The van der Waals surface area contributed by atoms with Gasteiger partial charge in [0.05, 0.1) is 18.9 Å². The Balaban J connectivity index is 1.68. The van der Waals surface area contributed by atoms with Crippen LogP contribution in [0.4, 0.5) is 14.7 Å². The zero-order valence-electron chi connectivity index (χ0n) is 14.8. The van der Waals surface area contributed by atoms with E-state index in [0.29, 0.717) is 54.4 Å². The summed E-state index contributed by atoms with van der Waals surface area (Å²) in [5.41, 5.74) is 1.18. The number of anilines is 1. The van der Waals surface area contributed by atoms with Crippen molar-refractivity contribution in [2.75, 3.05) is 31.2 Å². The van der Waals surface area contributed by atoms with Gasteiger partial charge in [0.15, 0.2) is 5.16 Å². The average molecular weight is 467 g/mol. The number of nitrogens with zero attached hydrogens (tertiary/aromatic N) is 4. The molecule has 1 aliphatic heterocycles. The van der Waals surface area contributed by atoms with E-state index in [9.17, 15) is 8.78 Å². The van der Waals surface area contributed by atoms with Gasteiger partial charge in [-0.25, -0.2) is 8.78 Å². The van der Waals surface area contributed by atoms with Crippen molar-refractivity contribution in [3.8, 4) is 5.69 Å². The number of hydrogen-bond acceptors (Lipinski definition) is 5. The molecule has 0 atom stereocenters. The van der Waals surface area contributed by atoms with Gasteiger partial charge in [-0.3, -0.25) is 4.57 Å². The molecule has 28 heavy (non-hydrogen) atoms. The smallest absolute Gasteiger partial charge is 0.232 e. The van der Waals surface area contributed by atoms with E-state index in [1.807, 2.05) is 4.57 Å². The Hall–Kier alpha value is -1.97. The van der Waals surface area contributed by atoms with Crippen molar-refractivity contribution in [2.24, 2.45) is 0 Å². The van der Waals surface area contributed by atoms with E-state index in [2.05, 4.69) is 31.0 Å². The molecule has 0 spiro atoms. The maximum Gasteiger partial charge on any atom is 0.232 e. The van der Waals surface area contributed by atoms with Gasteiger partial charge in [-0.05, 0) is 42.0 Å². The first kappa shape index (κ1) is 19.4. The number of hydrogen-bond donors (Lipinski definition) is 0. The molecule has 0 saturated carbocycles. The molecule has 146 valence electrons. The minimum absolute atomic E-state index is 0.277. The molecular weight excluding hydrogens is 450 g/mol. The third-order valence-electron chi connectivity index (χ3n) is 4.34. The summed E-state index contributed by atoms with van der Waals surface area (Å²) in [6, 6.07) is 11.1. The van der Waals surface area contributed by atoms with E-state index in [0.717, 1.165) is 4.47 Å². The molecular formula is C19H17BrF2N4OS. The van der Waals surface area contributed by atoms with Gasteiger partial charge >= 0.3 is 0 Å². The van der Waals surface area contributed by atoms with E-state index in [1.54, 1.807) is 24.3 Å². The van der Waals surface area contributed by atoms with Crippen molar-refractivity contribution in [1.29, 1.82) is 0 Å². The molecule has 1 saturated heterocycles. The molecule has 3 aromatic rings. The summed E-state index contributed by atoms with van der Waals surface area (Å²) >= 11 is 4.73. The van der Waals surface area contributed by atoms with Crippen molar-refractivity contribution >= 4 is 33.6 Å². The summed E-state index contributed by atoms with van der Waals surface area (Å²) in [5.74, 6) is 0.391. The Morgan fingerprint density at radius 1 is 1.07 bits per heavy atom. The first-order valence-electron chi connectivity index (χ1n) is 8.72. The van der Waals surface area contributed by atoms with Crippen LogP contribution in [0.3, 0.4) is 0 Å². The van der Waals surface area contributed by atoms with Gasteiger partial charge in [-0.1, -0.05) is 33.8 Å². The number of halogens is 3. The van der Waals surface area contributed by atoms with Crippen molar-refractivity contribution in [2.45, 2.75) is 10.9 Å². The number of ether oxygens (including phenoxy) is 1. The maximum absolute atomic E-state index is 14.1. The number of aromatic nitrogens is 3. The Morgan fingerprint density at radius 3 is 2.68 bits per heavy atom. The molecule has 5 nitrogen and oxygen atoms in total. The average Bonchev–Trinajstić information content (AvgIpc) is 3.13. The molecule has 2 aromatic carbocycles. The summed E-state index contributed by atoms with van der Waals surface area (Å²) in [7, 11) is 0. The van der Waals surface area contributed by atoms with Crippen LogP contribution in [0.2, 0.25) is 0 Å². The summed E-state index contributed by atoms with van der Waals surface area (Å²) in [6.07, 6.45) is 0. The quantitative estimate of drug-likeness (QED) is 0.520. The molecule has 0 aliphatic carbocycles. The highest BCUT2D eigenvalue weighted by molar-refractivity contribution is 9.10. The van der Waals surface area contributed by atoms with Gasteiger partial charge in [0.1, 0.15) is 11.6 Å². The van der Waals surface area contributed by atoms with Gasteiger partial charge in [0, 0.05) is 23.3 Å². The predicted molar refractivity (Wildman–Crippen MR) is 108 cm³/mol. The Kier molecular flexibility index (Phi) is 5.93. The van der Waals surface area contributed by atoms with Crippen LogP contribution in [0.15, 0.2) is 52.1 Å². The largest absolute Gasteiger partial charge is 0.378 e. The zero-order chi connectivity index (χ0) is 19.5. The molecule has 0 unspecified atom stereocenters. The van der Waals surface area contributed by atoms with Crippen molar-refractivity contribution < 1.29 is 13.5 Å². The number of morpholine rings is 1. The summed E-state index contributed by atoms with van der Waals surface area (Å²) in [6.45, 7) is 2.56. The fourth-order valence-electron chi connectivity index (χ4n) is 2.96. The van der Waals surface area contributed by atoms with Crippen LogP contribution in [0, 0.1) is 11.6 Å². The maximum atomic E-state index is 14.1. The lowest BCUT2D eigenvalue weighted by atomic mass is 10.2. The minimum atomic E-state index is -0.340. The van der Waals surface area contributed by atoms with Crippen LogP contribution in [0.1, 0.15) is 5.56 Å². The fraction of sp³-hybridized carbons (Fsp3) is 0.263. The van der Waals surface area contributed by atoms with Crippen molar-refractivity contribution in [3.63, 3.8) is 0 Å². The van der Waals surface area contributed by atoms with Crippen molar-refractivity contribution in [1.82, 2.24) is 14.8 Å². The van der Waals surface area contributed by atoms with Crippen LogP contribution < -0.4 is 4.90 Å². The second kappa shape index (κ2) is 8.59. The van der Waals surface area contributed by atoms with Crippen LogP contribution in [0.25, 0.3) is 5.69 Å². The molecule has 0 bridgehead atoms. The molecule has 1 aromatic heterocycles. The van der Waals surface area contributed by atoms with Gasteiger partial charge in [0.2, 0.25) is 5.95 Å². The van der Waals surface area contributed by atoms with Crippen LogP contribution in [0.5, 0.6) is 0 Å². The van der Waals surface area contributed by atoms with Crippen molar-refractivity contribution in [3.05, 3.63) is 64.1 Å². The second-order valence-corrected chi connectivity index (χ2v) is 8.08. The lowest BCUT2D eigenvalue weighted by Gasteiger charge is -2.27. The first-order chi connectivity index (χ1) is 13.6. The van der Waals surface area contributed by atoms with E-state index in [-0.39, 0.29) is 11.6 Å². The van der Waals surface area contributed by atoms with Gasteiger partial charge < -0.3 is 9.64 Å². The second-order valence-electron chi connectivity index (χ2n) is 6.22. The van der Waals surface area contributed by atoms with Gasteiger partial charge in [-0.2, -0.15) is 0 Å². The number of thioether (sulfide) groups is 1. The molecule has 1 aliphatic rings. The topological polar surface area (TPSA) is 43.2 Å². The Bertz CT molecular complexity index is 978.